The summed E-state index contributed by atoms with van der Waals surface area (Å²) in [5.74, 6) is 6.68. The number of hydrazine groups is 1. The lowest BCUT2D eigenvalue weighted by Crippen LogP contribution is -2.40. The van der Waals surface area contributed by atoms with Crippen LogP contribution in [0.15, 0.2) is 28.7 Å². The van der Waals surface area contributed by atoms with E-state index in [1.807, 2.05) is 18.2 Å². The molecule has 0 radical (unpaired) electrons. The summed E-state index contributed by atoms with van der Waals surface area (Å²) in [4.78, 5) is 0. The van der Waals surface area contributed by atoms with E-state index in [9.17, 15) is 0 Å². The first-order valence-electron chi connectivity index (χ1n) is 6.25. The van der Waals surface area contributed by atoms with E-state index >= 15 is 0 Å². The third kappa shape index (κ3) is 2.77. The van der Waals surface area contributed by atoms with Gasteiger partial charge in [-0.15, -0.1) is 0 Å². The van der Waals surface area contributed by atoms with Crippen LogP contribution in [0.2, 0.25) is 5.02 Å². The van der Waals surface area contributed by atoms with Crippen LogP contribution in [0.4, 0.5) is 0 Å². The number of hydrogen-bond acceptors (Lipinski definition) is 4. The van der Waals surface area contributed by atoms with Gasteiger partial charge < -0.3 is 9.15 Å². The molecule has 2 unspecified atom stereocenters. The number of nitrogens with two attached hydrogens (primary N) is 1. The zero-order valence-electron chi connectivity index (χ0n) is 11.3. The van der Waals surface area contributed by atoms with Gasteiger partial charge in [0.1, 0.15) is 11.8 Å². The van der Waals surface area contributed by atoms with E-state index in [-0.39, 0.29) is 12.1 Å². The normalized spacial score (nSPS) is 15.1. The standard InChI is InChI=1S/C14H19ClN2O2/c1-8(2)13(18-3)12(17-16)11-7-9-5-4-6-10(15)14(9)19-11/h4-8,12-13,17H,16H2,1-3H3. The van der Waals surface area contributed by atoms with Crippen molar-refractivity contribution in [2.24, 2.45) is 11.8 Å². The Labute approximate surface area is 117 Å². The van der Waals surface area contributed by atoms with Gasteiger partial charge in [-0.3, -0.25) is 5.84 Å². The number of methoxy groups -OCH3 is 1. The molecular formula is C14H19ClN2O2. The van der Waals surface area contributed by atoms with E-state index in [1.54, 1.807) is 13.2 Å². The van der Waals surface area contributed by atoms with Crippen LogP contribution in [0.5, 0.6) is 0 Å². The van der Waals surface area contributed by atoms with Crippen molar-refractivity contribution in [3.63, 3.8) is 0 Å². The van der Waals surface area contributed by atoms with Gasteiger partial charge in [0.2, 0.25) is 0 Å². The lowest BCUT2D eigenvalue weighted by Gasteiger charge is -2.26. The smallest absolute Gasteiger partial charge is 0.152 e. The van der Waals surface area contributed by atoms with Crippen LogP contribution in [0, 0.1) is 5.92 Å². The Balaban J connectivity index is 2.43. The molecule has 104 valence electrons. The van der Waals surface area contributed by atoms with Gasteiger partial charge in [-0.2, -0.15) is 0 Å². The molecule has 2 aromatic rings. The summed E-state index contributed by atoms with van der Waals surface area (Å²) in [7, 11) is 1.67. The molecule has 0 aliphatic carbocycles. The van der Waals surface area contributed by atoms with Crippen LogP contribution < -0.4 is 11.3 Å². The Morgan fingerprint density at radius 2 is 2.11 bits per heavy atom. The minimum absolute atomic E-state index is 0.0793. The number of benzene rings is 1. The maximum absolute atomic E-state index is 6.12. The van der Waals surface area contributed by atoms with Crippen molar-refractivity contribution in [1.29, 1.82) is 0 Å². The maximum Gasteiger partial charge on any atom is 0.152 e. The second-order valence-electron chi connectivity index (χ2n) is 4.90. The number of fused-ring (bicyclic) bond motifs is 1. The van der Waals surface area contributed by atoms with Gasteiger partial charge in [-0.05, 0) is 18.1 Å². The molecule has 0 amide bonds. The molecule has 1 heterocycles. The Hall–Kier alpha value is -1.07. The first-order valence-corrected chi connectivity index (χ1v) is 6.63. The second kappa shape index (κ2) is 5.92. The summed E-state index contributed by atoms with van der Waals surface area (Å²) in [5.41, 5.74) is 3.45. The molecule has 0 saturated carbocycles. The summed E-state index contributed by atoms with van der Waals surface area (Å²) in [6.45, 7) is 4.16. The Morgan fingerprint density at radius 1 is 1.37 bits per heavy atom. The summed E-state index contributed by atoms with van der Waals surface area (Å²) in [6.07, 6.45) is -0.0793. The first-order chi connectivity index (χ1) is 9.08. The number of ether oxygens (including phenoxy) is 1. The van der Waals surface area contributed by atoms with Crippen molar-refractivity contribution in [1.82, 2.24) is 5.43 Å². The minimum Gasteiger partial charge on any atom is -0.458 e. The molecule has 0 fully saturated rings. The highest BCUT2D eigenvalue weighted by Gasteiger charge is 2.28. The zero-order valence-corrected chi connectivity index (χ0v) is 12.1. The maximum atomic E-state index is 6.12. The highest BCUT2D eigenvalue weighted by molar-refractivity contribution is 6.34. The average Bonchev–Trinajstić information content (AvgIpc) is 2.80. The SMILES string of the molecule is COC(C(C)C)C(NN)c1cc2cccc(Cl)c2o1. The highest BCUT2D eigenvalue weighted by Crippen LogP contribution is 2.32. The van der Waals surface area contributed by atoms with E-state index in [0.717, 1.165) is 11.1 Å². The Kier molecular flexibility index (Phi) is 4.47. The van der Waals surface area contributed by atoms with Gasteiger partial charge in [0.15, 0.2) is 5.58 Å². The number of halogens is 1. The van der Waals surface area contributed by atoms with Gasteiger partial charge in [0.05, 0.1) is 11.1 Å². The van der Waals surface area contributed by atoms with E-state index < -0.39 is 0 Å². The van der Waals surface area contributed by atoms with Gasteiger partial charge in [0, 0.05) is 12.5 Å². The number of furan rings is 1. The molecule has 0 saturated heterocycles. The van der Waals surface area contributed by atoms with Crippen LogP contribution >= 0.6 is 11.6 Å². The number of rotatable bonds is 5. The molecule has 0 aliphatic rings. The van der Waals surface area contributed by atoms with Crippen LogP contribution in [-0.4, -0.2) is 13.2 Å². The minimum atomic E-state index is -0.214. The molecular weight excluding hydrogens is 264 g/mol. The first kappa shape index (κ1) is 14.3. The summed E-state index contributed by atoms with van der Waals surface area (Å²) in [6, 6.07) is 7.39. The molecule has 2 atom stereocenters. The van der Waals surface area contributed by atoms with E-state index in [2.05, 4.69) is 19.3 Å². The van der Waals surface area contributed by atoms with E-state index in [4.69, 9.17) is 26.6 Å². The second-order valence-corrected chi connectivity index (χ2v) is 5.30. The van der Waals surface area contributed by atoms with E-state index in [1.165, 1.54) is 0 Å². The summed E-state index contributed by atoms with van der Waals surface area (Å²) in [5, 5.41) is 1.55. The van der Waals surface area contributed by atoms with Crippen molar-refractivity contribution in [3.8, 4) is 0 Å². The van der Waals surface area contributed by atoms with Crippen molar-refractivity contribution in [2.45, 2.75) is 26.0 Å². The molecule has 0 bridgehead atoms. The third-order valence-corrected chi connectivity index (χ3v) is 3.56. The molecule has 2 rings (SSSR count). The van der Waals surface area contributed by atoms with Crippen molar-refractivity contribution >= 4 is 22.6 Å². The molecule has 3 N–H and O–H groups in total. The third-order valence-electron chi connectivity index (χ3n) is 3.26. The Morgan fingerprint density at radius 3 is 2.63 bits per heavy atom. The molecule has 0 spiro atoms. The fraction of sp³-hybridized carbons (Fsp3) is 0.429. The van der Waals surface area contributed by atoms with Crippen LogP contribution in [0.1, 0.15) is 25.6 Å². The van der Waals surface area contributed by atoms with Crippen molar-refractivity contribution in [2.75, 3.05) is 7.11 Å². The predicted octanol–water partition coefficient (Wildman–Crippen LogP) is 3.26. The molecule has 1 aromatic heterocycles. The average molecular weight is 283 g/mol. The zero-order chi connectivity index (χ0) is 14.0. The number of para-hydroxylation sites is 1. The molecule has 4 nitrogen and oxygen atoms in total. The van der Waals surface area contributed by atoms with Crippen molar-refractivity contribution < 1.29 is 9.15 Å². The predicted molar refractivity (Wildman–Crippen MR) is 76.9 cm³/mol. The van der Waals surface area contributed by atoms with Crippen LogP contribution in [-0.2, 0) is 4.74 Å². The Bertz CT molecular complexity index is 553. The number of hydrogen-bond donors (Lipinski definition) is 2. The van der Waals surface area contributed by atoms with Gasteiger partial charge in [0.25, 0.3) is 0 Å². The molecule has 5 heteroatoms. The van der Waals surface area contributed by atoms with Gasteiger partial charge in [-0.1, -0.05) is 37.6 Å². The van der Waals surface area contributed by atoms with E-state index in [0.29, 0.717) is 16.5 Å². The van der Waals surface area contributed by atoms with Crippen LogP contribution in [0.3, 0.4) is 0 Å². The molecule has 19 heavy (non-hydrogen) atoms. The van der Waals surface area contributed by atoms with Crippen LogP contribution in [0.25, 0.3) is 11.0 Å². The largest absolute Gasteiger partial charge is 0.458 e. The lowest BCUT2D eigenvalue weighted by atomic mass is 9.98. The topological polar surface area (TPSA) is 60.4 Å². The lowest BCUT2D eigenvalue weighted by molar-refractivity contribution is 0.0269. The fourth-order valence-corrected chi connectivity index (χ4v) is 2.55. The van der Waals surface area contributed by atoms with Crippen molar-refractivity contribution in [3.05, 3.63) is 35.0 Å². The summed E-state index contributed by atoms with van der Waals surface area (Å²) < 4.78 is 11.3. The number of nitrogens with one attached hydrogen (secondary N) is 1. The fourth-order valence-electron chi connectivity index (χ4n) is 2.33. The molecule has 0 aliphatic heterocycles. The van der Waals surface area contributed by atoms with Gasteiger partial charge >= 0.3 is 0 Å². The monoisotopic (exact) mass is 282 g/mol. The van der Waals surface area contributed by atoms with Gasteiger partial charge in [-0.25, -0.2) is 5.43 Å². The summed E-state index contributed by atoms with van der Waals surface area (Å²) >= 11 is 6.12. The molecule has 1 aromatic carbocycles. The highest BCUT2D eigenvalue weighted by atomic mass is 35.5. The quantitative estimate of drug-likeness (QED) is 0.653.